The Bertz CT molecular complexity index is 829. The predicted octanol–water partition coefficient (Wildman–Crippen LogP) is 0.409. The van der Waals surface area contributed by atoms with Gasteiger partial charge in [0.05, 0.1) is 51.2 Å². The Morgan fingerprint density at radius 1 is 0.879 bits per heavy atom. The summed E-state index contributed by atoms with van der Waals surface area (Å²) in [5.41, 5.74) is 0.0233. The summed E-state index contributed by atoms with van der Waals surface area (Å²) in [6.45, 7) is -1.78. The number of benzene rings is 1. The normalized spacial score (nSPS) is 12.8. The Balaban J connectivity index is 3.67. The second kappa shape index (κ2) is 13.7. The number of nitrogens with one attached hydrogen (secondary N) is 1. The first kappa shape index (κ1) is 29.9. The van der Waals surface area contributed by atoms with E-state index in [-0.39, 0.29) is 49.9 Å². The molecular formula is C19H26Br3N3O8. The van der Waals surface area contributed by atoms with E-state index < -0.39 is 43.1 Å². The predicted molar refractivity (Wildman–Crippen MR) is 130 cm³/mol. The van der Waals surface area contributed by atoms with Gasteiger partial charge < -0.3 is 40.3 Å². The molecular weight excluding hydrogens is 638 g/mol. The SMILES string of the molecule is COCC(=O)Nc1c(Br)c(C(=O)N(C)CC(O)CO)c(Br)c(C(=O)N(C)CC(O)CO)c1Br. The Morgan fingerprint density at radius 2 is 1.27 bits per heavy atom. The summed E-state index contributed by atoms with van der Waals surface area (Å²) in [5.74, 6) is -1.79. The van der Waals surface area contributed by atoms with E-state index in [1.54, 1.807) is 0 Å². The maximum Gasteiger partial charge on any atom is 0.256 e. The molecule has 2 atom stereocenters. The summed E-state index contributed by atoms with van der Waals surface area (Å²) >= 11 is 9.93. The topological polar surface area (TPSA) is 160 Å². The highest BCUT2D eigenvalue weighted by molar-refractivity contribution is 9.11. The number of hydrogen-bond donors (Lipinski definition) is 5. The molecule has 0 saturated carbocycles. The van der Waals surface area contributed by atoms with Gasteiger partial charge in [-0.3, -0.25) is 14.4 Å². The number of halogens is 3. The number of likely N-dealkylation sites (N-methyl/N-ethyl adjacent to an activating group) is 2. The molecule has 14 heteroatoms. The molecule has 0 heterocycles. The summed E-state index contributed by atoms with van der Waals surface area (Å²) in [4.78, 5) is 40.9. The van der Waals surface area contributed by atoms with Gasteiger partial charge in [0, 0.05) is 38.8 Å². The van der Waals surface area contributed by atoms with Crippen molar-refractivity contribution in [2.75, 3.05) is 59.4 Å². The lowest BCUT2D eigenvalue weighted by Gasteiger charge is -2.26. The maximum absolute atomic E-state index is 13.2. The van der Waals surface area contributed by atoms with Gasteiger partial charge in [-0.05, 0) is 47.8 Å². The van der Waals surface area contributed by atoms with Crippen molar-refractivity contribution >= 4 is 71.2 Å². The Morgan fingerprint density at radius 3 is 1.61 bits per heavy atom. The van der Waals surface area contributed by atoms with Gasteiger partial charge in [-0.15, -0.1) is 0 Å². The Hall–Kier alpha value is -1.13. The number of carbonyl (C=O) groups excluding carboxylic acids is 3. The zero-order chi connectivity index (χ0) is 25.5. The molecule has 186 valence electrons. The van der Waals surface area contributed by atoms with E-state index >= 15 is 0 Å². The van der Waals surface area contributed by atoms with Crippen LogP contribution < -0.4 is 5.32 Å². The van der Waals surface area contributed by atoms with Crippen LogP contribution in [0.2, 0.25) is 0 Å². The number of carbonyl (C=O) groups is 3. The fraction of sp³-hybridized carbons (Fsp3) is 0.526. The molecule has 11 nitrogen and oxygen atoms in total. The van der Waals surface area contributed by atoms with Gasteiger partial charge in [0.15, 0.2) is 0 Å². The number of amides is 3. The Kier molecular flexibility index (Phi) is 12.4. The van der Waals surface area contributed by atoms with E-state index in [4.69, 9.17) is 14.9 Å². The molecule has 1 rings (SSSR count). The van der Waals surface area contributed by atoms with E-state index in [0.717, 1.165) is 9.80 Å². The highest BCUT2D eigenvalue weighted by atomic mass is 79.9. The van der Waals surface area contributed by atoms with Crippen LogP contribution in [0.5, 0.6) is 0 Å². The average Bonchev–Trinajstić information content (AvgIpc) is 2.76. The van der Waals surface area contributed by atoms with Gasteiger partial charge in [0.25, 0.3) is 11.8 Å². The molecule has 0 saturated heterocycles. The first-order chi connectivity index (χ1) is 15.4. The van der Waals surface area contributed by atoms with Crippen molar-refractivity contribution in [2.24, 2.45) is 0 Å². The largest absolute Gasteiger partial charge is 0.394 e. The molecule has 0 aliphatic carbocycles. The van der Waals surface area contributed by atoms with Crippen molar-refractivity contribution in [1.29, 1.82) is 0 Å². The molecule has 0 radical (unpaired) electrons. The molecule has 0 aromatic heterocycles. The summed E-state index contributed by atoms with van der Waals surface area (Å²) < 4.78 is 5.20. The molecule has 0 bridgehead atoms. The van der Waals surface area contributed by atoms with Crippen LogP contribution in [0.3, 0.4) is 0 Å². The maximum atomic E-state index is 13.2. The van der Waals surface area contributed by atoms with Crippen LogP contribution in [-0.2, 0) is 9.53 Å². The van der Waals surface area contributed by atoms with Crippen LogP contribution >= 0.6 is 47.8 Å². The number of aliphatic hydroxyl groups excluding tert-OH is 4. The third-order valence-electron chi connectivity index (χ3n) is 4.37. The number of anilines is 1. The van der Waals surface area contributed by atoms with Crippen LogP contribution in [0.25, 0.3) is 0 Å². The molecule has 3 amide bonds. The van der Waals surface area contributed by atoms with Gasteiger partial charge in [0.2, 0.25) is 5.91 Å². The highest BCUT2D eigenvalue weighted by Crippen LogP contribution is 2.43. The van der Waals surface area contributed by atoms with E-state index in [1.807, 2.05) is 0 Å². The highest BCUT2D eigenvalue weighted by Gasteiger charge is 2.31. The molecule has 33 heavy (non-hydrogen) atoms. The van der Waals surface area contributed by atoms with Gasteiger partial charge in [0.1, 0.15) is 6.61 Å². The van der Waals surface area contributed by atoms with Crippen molar-refractivity contribution in [3.05, 3.63) is 24.5 Å². The molecule has 2 unspecified atom stereocenters. The third-order valence-corrected chi connectivity index (χ3v) is 6.75. The fourth-order valence-electron chi connectivity index (χ4n) is 2.75. The average molecular weight is 664 g/mol. The van der Waals surface area contributed by atoms with Gasteiger partial charge in [-0.2, -0.15) is 0 Å². The molecule has 0 aliphatic heterocycles. The van der Waals surface area contributed by atoms with Gasteiger partial charge in [-0.25, -0.2) is 0 Å². The number of rotatable bonds is 11. The summed E-state index contributed by atoms with van der Waals surface area (Å²) in [5, 5.41) is 40.2. The minimum atomic E-state index is -1.18. The molecule has 1 aromatic rings. The number of hydrogen-bond acceptors (Lipinski definition) is 8. The van der Waals surface area contributed by atoms with Crippen molar-refractivity contribution < 1.29 is 39.5 Å². The smallest absolute Gasteiger partial charge is 0.256 e. The van der Waals surface area contributed by atoms with Gasteiger partial charge in [-0.1, -0.05) is 0 Å². The number of aliphatic hydroxyl groups is 4. The monoisotopic (exact) mass is 661 g/mol. The zero-order valence-corrected chi connectivity index (χ0v) is 22.9. The van der Waals surface area contributed by atoms with Crippen LogP contribution in [0.15, 0.2) is 13.4 Å². The molecule has 0 fully saturated rings. The number of nitrogens with zero attached hydrogens (tertiary/aromatic N) is 2. The second-order valence-corrected chi connectivity index (χ2v) is 9.47. The van der Waals surface area contributed by atoms with E-state index in [1.165, 1.54) is 21.2 Å². The quantitative estimate of drug-likeness (QED) is 0.228. The standard InChI is InChI=1S/C19H26Br3N3O8/c1-24(4-9(28)6-26)18(31)12-14(20)13(19(32)25(2)5-10(29)7-27)16(22)17(15(12)21)23-11(30)8-33-3/h9-10,26-29H,4-8H2,1-3H3,(H,23,30). The van der Waals surface area contributed by atoms with Crippen LogP contribution in [0.4, 0.5) is 5.69 Å². The van der Waals surface area contributed by atoms with E-state index in [9.17, 15) is 24.6 Å². The molecule has 5 N–H and O–H groups in total. The number of ether oxygens (including phenoxy) is 1. The molecule has 1 aromatic carbocycles. The van der Waals surface area contributed by atoms with Crippen LogP contribution in [0, 0.1) is 0 Å². The molecule has 0 aliphatic rings. The first-order valence-corrected chi connectivity index (χ1v) is 11.9. The summed E-state index contributed by atoms with van der Waals surface area (Å²) in [6.07, 6.45) is -2.36. The Labute approximate surface area is 216 Å². The zero-order valence-electron chi connectivity index (χ0n) is 18.1. The fourth-order valence-corrected chi connectivity index (χ4v) is 5.62. The second-order valence-electron chi connectivity index (χ2n) is 7.09. The van der Waals surface area contributed by atoms with E-state index in [0.29, 0.717) is 0 Å². The number of methoxy groups -OCH3 is 1. The third kappa shape index (κ3) is 7.68. The van der Waals surface area contributed by atoms with Gasteiger partial charge >= 0.3 is 0 Å². The summed E-state index contributed by atoms with van der Waals surface area (Å²) in [6, 6.07) is 0. The first-order valence-electron chi connectivity index (χ1n) is 9.49. The minimum absolute atomic E-state index is 0.0296. The lowest BCUT2D eigenvalue weighted by Crippen LogP contribution is -2.38. The summed E-state index contributed by atoms with van der Waals surface area (Å²) in [7, 11) is 4.13. The lowest BCUT2D eigenvalue weighted by atomic mass is 10.1. The van der Waals surface area contributed by atoms with Crippen LogP contribution in [-0.4, -0.2) is 114 Å². The van der Waals surface area contributed by atoms with Crippen molar-refractivity contribution in [1.82, 2.24) is 9.80 Å². The minimum Gasteiger partial charge on any atom is -0.394 e. The van der Waals surface area contributed by atoms with Crippen molar-refractivity contribution in [2.45, 2.75) is 12.2 Å². The lowest BCUT2D eigenvalue weighted by molar-refractivity contribution is -0.119. The molecule has 0 spiro atoms. The van der Waals surface area contributed by atoms with Crippen molar-refractivity contribution in [3.63, 3.8) is 0 Å². The van der Waals surface area contributed by atoms with E-state index in [2.05, 4.69) is 53.1 Å². The van der Waals surface area contributed by atoms with Crippen molar-refractivity contribution in [3.8, 4) is 0 Å². The van der Waals surface area contributed by atoms with Crippen LogP contribution in [0.1, 0.15) is 20.7 Å².